The summed E-state index contributed by atoms with van der Waals surface area (Å²) in [7, 11) is 0. The van der Waals surface area contributed by atoms with E-state index < -0.39 is 17.8 Å². The molecule has 2 aromatic carbocycles. The van der Waals surface area contributed by atoms with Crippen molar-refractivity contribution in [2.45, 2.75) is 20.3 Å². The molecule has 1 aliphatic rings. The molecule has 0 aromatic heterocycles. The zero-order chi connectivity index (χ0) is 22.5. The van der Waals surface area contributed by atoms with Crippen LogP contribution in [0.15, 0.2) is 42.0 Å². The molecule has 0 radical (unpaired) electrons. The first-order valence-electron chi connectivity index (χ1n) is 9.61. The molecule has 0 aliphatic carbocycles. The van der Waals surface area contributed by atoms with Crippen molar-refractivity contribution >= 4 is 52.8 Å². The molecule has 1 heterocycles. The summed E-state index contributed by atoms with van der Waals surface area (Å²) in [6.45, 7) is 4.64. The van der Waals surface area contributed by atoms with Crippen molar-refractivity contribution in [2.75, 3.05) is 18.1 Å². The Balaban J connectivity index is 2.01. The molecule has 7 nitrogen and oxygen atoms in total. The molecule has 4 amide bonds. The smallest absolute Gasteiger partial charge is 0.335 e. The van der Waals surface area contributed by atoms with Gasteiger partial charge in [-0.3, -0.25) is 14.9 Å². The molecule has 2 aromatic rings. The Labute approximate surface area is 189 Å². The second-order valence-electron chi connectivity index (χ2n) is 6.54. The Morgan fingerprint density at radius 1 is 1.03 bits per heavy atom. The van der Waals surface area contributed by atoms with Gasteiger partial charge in [0.2, 0.25) is 0 Å². The highest BCUT2D eigenvalue weighted by Gasteiger charge is 2.37. The molecule has 0 bridgehead atoms. The number of nitrogens with zero attached hydrogens (tertiary/aromatic N) is 1. The number of rotatable bonds is 7. The quantitative estimate of drug-likeness (QED) is 0.469. The van der Waals surface area contributed by atoms with Crippen LogP contribution in [0.1, 0.15) is 25.8 Å². The number of imide groups is 2. The van der Waals surface area contributed by atoms with Crippen molar-refractivity contribution in [3.8, 4) is 11.5 Å². The molecule has 162 valence electrons. The van der Waals surface area contributed by atoms with Gasteiger partial charge < -0.3 is 9.47 Å². The lowest BCUT2D eigenvalue weighted by Crippen LogP contribution is -2.54. The first-order chi connectivity index (χ1) is 14.8. The first-order valence-corrected chi connectivity index (χ1v) is 10.4. The van der Waals surface area contributed by atoms with Crippen LogP contribution in [-0.4, -0.2) is 31.1 Å². The highest BCUT2D eigenvalue weighted by molar-refractivity contribution is 6.40. The van der Waals surface area contributed by atoms with Gasteiger partial charge in [-0.05, 0) is 55.8 Å². The van der Waals surface area contributed by atoms with Crippen LogP contribution in [-0.2, 0) is 9.59 Å². The number of carbonyl (C=O) groups is 3. The van der Waals surface area contributed by atoms with Crippen molar-refractivity contribution in [1.29, 1.82) is 0 Å². The number of nitrogens with one attached hydrogen (secondary N) is 1. The highest BCUT2D eigenvalue weighted by atomic mass is 35.5. The number of barbiturate groups is 1. The Bertz CT molecular complexity index is 1050. The van der Waals surface area contributed by atoms with Gasteiger partial charge in [-0.15, -0.1) is 0 Å². The lowest BCUT2D eigenvalue weighted by molar-refractivity contribution is -0.122. The Morgan fingerprint density at radius 3 is 2.39 bits per heavy atom. The minimum absolute atomic E-state index is 0.246. The molecule has 9 heteroatoms. The van der Waals surface area contributed by atoms with E-state index in [4.69, 9.17) is 32.7 Å². The van der Waals surface area contributed by atoms with E-state index in [2.05, 4.69) is 5.32 Å². The maximum absolute atomic E-state index is 13.1. The number of hydrogen-bond acceptors (Lipinski definition) is 5. The number of hydrogen-bond donors (Lipinski definition) is 1. The lowest BCUT2D eigenvalue weighted by Gasteiger charge is -2.26. The summed E-state index contributed by atoms with van der Waals surface area (Å²) in [5.74, 6) is -0.718. The largest absolute Gasteiger partial charge is 0.494 e. The van der Waals surface area contributed by atoms with E-state index in [9.17, 15) is 14.4 Å². The molecule has 0 saturated carbocycles. The van der Waals surface area contributed by atoms with Crippen LogP contribution in [0.25, 0.3) is 6.08 Å². The predicted octanol–water partition coefficient (Wildman–Crippen LogP) is 4.85. The standard InChI is InChI=1S/C22H20Cl2N2O5/c1-3-9-31-19-13(10-14(23)12-18(19)24)11-17-20(27)25-22(29)26(21(17)28)15-5-7-16(8-6-15)30-4-2/h5-8,10-12H,3-4,9H2,1-2H3,(H,25,27,29)/b17-11+. The van der Waals surface area contributed by atoms with Crippen molar-refractivity contribution in [1.82, 2.24) is 5.32 Å². The zero-order valence-electron chi connectivity index (χ0n) is 16.9. The maximum atomic E-state index is 13.1. The average Bonchev–Trinajstić information content (AvgIpc) is 2.71. The summed E-state index contributed by atoms with van der Waals surface area (Å²) in [4.78, 5) is 38.8. The SMILES string of the molecule is CCCOc1c(Cl)cc(Cl)cc1/C=C1\C(=O)NC(=O)N(c2ccc(OCC)cc2)C1=O. The van der Waals surface area contributed by atoms with Gasteiger partial charge in [0, 0.05) is 10.6 Å². The number of ether oxygens (including phenoxy) is 2. The third-order valence-electron chi connectivity index (χ3n) is 4.30. The van der Waals surface area contributed by atoms with Gasteiger partial charge in [0.1, 0.15) is 17.1 Å². The van der Waals surface area contributed by atoms with Gasteiger partial charge in [0.25, 0.3) is 11.8 Å². The fourth-order valence-electron chi connectivity index (χ4n) is 2.95. The number of anilines is 1. The molecule has 1 fully saturated rings. The normalized spacial score (nSPS) is 15.3. The molecule has 0 atom stereocenters. The maximum Gasteiger partial charge on any atom is 0.335 e. The predicted molar refractivity (Wildman–Crippen MR) is 119 cm³/mol. The van der Waals surface area contributed by atoms with Crippen LogP contribution in [0.5, 0.6) is 11.5 Å². The minimum Gasteiger partial charge on any atom is -0.494 e. The van der Waals surface area contributed by atoms with E-state index >= 15 is 0 Å². The van der Waals surface area contributed by atoms with Gasteiger partial charge in [-0.1, -0.05) is 30.1 Å². The van der Waals surface area contributed by atoms with Crippen LogP contribution in [0.2, 0.25) is 10.0 Å². The van der Waals surface area contributed by atoms with Crippen molar-refractivity contribution in [2.24, 2.45) is 0 Å². The van der Waals surface area contributed by atoms with Crippen molar-refractivity contribution in [3.05, 3.63) is 57.6 Å². The van der Waals surface area contributed by atoms with Gasteiger partial charge in [0.05, 0.1) is 23.9 Å². The Hall–Kier alpha value is -3.03. The number of carbonyl (C=O) groups excluding carboxylic acids is 3. The molecular weight excluding hydrogens is 443 g/mol. The molecule has 1 saturated heterocycles. The lowest BCUT2D eigenvalue weighted by atomic mass is 10.1. The topological polar surface area (TPSA) is 84.9 Å². The molecular formula is C22H20Cl2N2O5. The summed E-state index contributed by atoms with van der Waals surface area (Å²) in [5, 5.41) is 2.74. The van der Waals surface area contributed by atoms with Crippen LogP contribution in [0.3, 0.4) is 0 Å². The molecule has 31 heavy (non-hydrogen) atoms. The molecule has 1 N–H and O–H groups in total. The van der Waals surface area contributed by atoms with Crippen LogP contribution >= 0.6 is 23.2 Å². The van der Waals surface area contributed by atoms with Gasteiger partial charge in [-0.2, -0.15) is 0 Å². The molecule has 3 rings (SSSR count). The summed E-state index contributed by atoms with van der Waals surface area (Å²) < 4.78 is 11.1. The van der Waals surface area contributed by atoms with Crippen molar-refractivity contribution in [3.63, 3.8) is 0 Å². The summed E-state index contributed by atoms with van der Waals surface area (Å²) in [5.41, 5.74) is 0.384. The Kier molecular flexibility index (Phi) is 7.20. The van der Waals surface area contributed by atoms with E-state index in [1.165, 1.54) is 18.2 Å². The van der Waals surface area contributed by atoms with Crippen LogP contribution in [0.4, 0.5) is 10.5 Å². The number of amides is 4. The summed E-state index contributed by atoms with van der Waals surface area (Å²) in [6, 6.07) is 8.57. The second kappa shape index (κ2) is 9.85. The summed E-state index contributed by atoms with van der Waals surface area (Å²) in [6.07, 6.45) is 2.04. The molecule has 1 aliphatic heterocycles. The van der Waals surface area contributed by atoms with E-state index in [1.807, 2.05) is 13.8 Å². The van der Waals surface area contributed by atoms with Crippen LogP contribution < -0.4 is 19.7 Å². The summed E-state index contributed by atoms with van der Waals surface area (Å²) >= 11 is 12.4. The molecule has 0 unspecified atom stereocenters. The zero-order valence-corrected chi connectivity index (χ0v) is 18.4. The fraction of sp³-hybridized carbons (Fsp3) is 0.227. The van der Waals surface area contributed by atoms with E-state index in [-0.39, 0.29) is 16.3 Å². The van der Waals surface area contributed by atoms with Gasteiger partial charge >= 0.3 is 6.03 Å². The Morgan fingerprint density at radius 2 is 1.74 bits per heavy atom. The first kappa shape index (κ1) is 22.7. The monoisotopic (exact) mass is 462 g/mol. The average molecular weight is 463 g/mol. The second-order valence-corrected chi connectivity index (χ2v) is 7.38. The third-order valence-corrected chi connectivity index (χ3v) is 4.79. The van der Waals surface area contributed by atoms with E-state index in [0.717, 1.165) is 11.3 Å². The van der Waals surface area contributed by atoms with Gasteiger partial charge in [-0.25, -0.2) is 9.69 Å². The highest BCUT2D eigenvalue weighted by Crippen LogP contribution is 2.35. The van der Waals surface area contributed by atoms with Crippen molar-refractivity contribution < 1.29 is 23.9 Å². The van der Waals surface area contributed by atoms with E-state index in [1.54, 1.807) is 24.3 Å². The fourth-order valence-corrected chi connectivity index (χ4v) is 3.51. The number of urea groups is 1. The minimum atomic E-state index is -0.845. The van der Waals surface area contributed by atoms with Crippen LogP contribution in [0, 0.1) is 0 Å². The number of benzene rings is 2. The van der Waals surface area contributed by atoms with E-state index in [0.29, 0.717) is 35.3 Å². The number of halogens is 2. The molecule has 0 spiro atoms. The third kappa shape index (κ3) is 5.00. The van der Waals surface area contributed by atoms with Gasteiger partial charge in [0.15, 0.2) is 0 Å².